The van der Waals surface area contributed by atoms with Crippen molar-refractivity contribution in [2.45, 2.75) is 0 Å². The van der Waals surface area contributed by atoms with E-state index >= 15 is 0 Å². The maximum absolute atomic E-state index is 5.60. The van der Waals surface area contributed by atoms with Crippen LogP contribution in [-0.4, -0.2) is 0 Å². The SMILES string of the molecule is [CH2]c1c(Cl)csc1Cl. The van der Waals surface area contributed by atoms with Crippen LogP contribution in [-0.2, 0) is 0 Å². The summed E-state index contributed by atoms with van der Waals surface area (Å²) in [6.07, 6.45) is 0. The van der Waals surface area contributed by atoms with Gasteiger partial charge in [-0.1, -0.05) is 23.2 Å². The number of hydrogen-bond acceptors (Lipinski definition) is 1. The summed E-state index contributed by atoms with van der Waals surface area (Å²) in [7, 11) is 0. The fraction of sp³-hybridized carbons (Fsp3) is 0. The van der Waals surface area contributed by atoms with Gasteiger partial charge in [0.2, 0.25) is 0 Å². The maximum atomic E-state index is 5.60. The van der Waals surface area contributed by atoms with Gasteiger partial charge in [-0.05, 0) is 6.92 Å². The molecule has 0 fully saturated rings. The van der Waals surface area contributed by atoms with Crippen molar-refractivity contribution in [2.24, 2.45) is 0 Å². The molecular formula is C5H3Cl2S. The summed E-state index contributed by atoms with van der Waals surface area (Å²) in [5.74, 6) is 0. The summed E-state index contributed by atoms with van der Waals surface area (Å²) >= 11 is 12.6. The van der Waals surface area contributed by atoms with Crippen molar-refractivity contribution in [3.05, 3.63) is 27.2 Å². The Labute approximate surface area is 62.0 Å². The molecule has 1 rings (SSSR count). The van der Waals surface area contributed by atoms with E-state index in [0.717, 1.165) is 5.56 Å². The first-order valence-electron chi connectivity index (χ1n) is 1.96. The Morgan fingerprint density at radius 1 is 1.50 bits per heavy atom. The third-order valence-corrected chi connectivity index (χ3v) is 2.56. The van der Waals surface area contributed by atoms with Crippen LogP contribution >= 0.6 is 34.5 Å². The zero-order chi connectivity index (χ0) is 6.15. The first-order valence-corrected chi connectivity index (χ1v) is 3.60. The van der Waals surface area contributed by atoms with E-state index in [9.17, 15) is 0 Å². The minimum atomic E-state index is 0.653. The van der Waals surface area contributed by atoms with Gasteiger partial charge in [0.05, 0.1) is 9.36 Å². The largest absolute Gasteiger partial charge is 0.130 e. The van der Waals surface area contributed by atoms with Gasteiger partial charge in [0, 0.05) is 10.9 Å². The Bertz CT molecular complexity index is 173. The van der Waals surface area contributed by atoms with Crippen LogP contribution in [0.5, 0.6) is 0 Å². The van der Waals surface area contributed by atoms with E-state index in [1.165, 1.54) is 11.3 Å². The van der Waals surface area contributed by atoms with Gasteiger partial charge in [-0.15, -0.1) is 11.3 Å². The predicted octanol–water partition coefficient (Wildman–Crippen LogP) is 3.24. The lowest BCUT2D eigenvalue weighted by Gasteiger charge is -1.82. The van der Waals surface area contributed by atoms with Gasteiger partial charge in [-0.2, -0.15) is 0 Å². The van der Waals surface area contributed by atoms with Crippen molar-refractivity contribution in [1.82, 2.24) is 0 Å². The van der Waals surface area contributed by atoms with E-state index < -0.39 is 0 Å². The fourth-order valence-corrected chi connectivity index (χ4v) is 1.51. The van der Waals surface area contributed by atoms with E-state index in [4.69, 9.17) is 23.2 Å². The Morgan fingerprint density at radius 2 is 2.12 bits per heavy atom. The van der Waals surface area contributed by atoms with Gasteiger partial charge in [0.15, 0.2) is 0 Å². The number of rotatable bonds is 0. The third-order valence-electron chi connectivity index (χ3n) is 0.791. The molecule has 43 valence electrons. The van der Waals surface area contributed by atoms with Crippen LogP contribution in [0.4, 0.5) is 0 Å². The van der Waals surface area contributed by atoms with E-state index in [2.05, 4.69) is 6.92 Å². The van der Waals surface area contributed by atoms with Gasteiger partial charge >= 0.3 is 0 Å². The maximum Gasteiger partial charge on any atom is 0.0975 e. The lowest BCUT2D eigenvalue weighted by atomic mass is 10.4. The molecule has 0 atom stereocenters. The molecule has 1 radical (unpaired) electrons. The molecule has 0 aliphatic carbocycles. The highest BCUT2D eigenvalue weighted by molar-refractivity contribution is 7.15. The van der Waals surface area contributed by atoms with Crippen LogP contribution in [0, 0.1) is 6.92 Å². The second-order valence-electron chi connectivity index (χ2n) is 1.34. The minimum absolute atomic E-state index is 0.653. The molecule has 0 saturated heterocycles. The van der Waals surface area contributed by atoms with E-state index in [1.54, 1.807) is 5.38 Å². The molecule has 0 unspecified atom stereocenters. The summed E-state index contributed by atoms with van der Waals surface area (Å²) in [5.41, 5.74) is 0.735. The highest BCUT2D eigenvalue weighted by Crippen LogP contribution is 2.29. The monoisotopic (exact) mass is 165 g/mol. The van der Waals surface area contributed by atoms with Gasteiger partial charge in [-0.3, -0.25) is 0 Å². The summed E-state index contributed by atoms with van der Waals surface area (Å²) in [4.78, 5) is 0. The molecule has 0 aliphatic heterocycles. The van der Waals surface area contributed by atoms with Crippen LogP contribution in [0.3, 0.4) is 0 Å². The lowest BCUT2D eigenvalue weighted by Crippen LogP contribution is -1.60. The first kappa shape index (κ1) is 6.40. The topological polar surface area (TPSA) is 0 Å². The number of thiophene rings is 1. The minimum Gasteiger partial charge on any atom is -0.130 e. The average molecular weight is 166 g/mol. The molecule has 0 aliphatic rings. The summed E-state index contributed by atoms with van der Waals surface area (Å²) in [6, 6.07) is 0. The standard InChI is InChI=1S/C5H3Cl2S/c1-3-4(6)2-8-5(3)7/h2H,1H2. The average Bonchev–Trinajstić information content (AvgIpc) is 1.98. The molecule has 1 heterocycles. The van der Waals surface area contributed by atoms with E-state index in [0.29, 0.717) is 9.36 Å². The Morgan fingerprint density at radius 3 is 2.25 bits per heavy atom. The van der Waals surface area contributed by atoms with Gasteiger partial charge in [-0.25, -0.2) is 0 Å². The van der Waals surface area contributed by atoms with Gasteiger partial charge in [0.1, 0.15) is 0 Å². The first-order chi connectivity index (χ1) is 3.72. The zero-order valence-electron chi connectivity index (χ0n) is 3.95. The Hall–Kier alpha value is 0.280. The molecule has 0 nitrogen and oxygen atoms in total. The fourth-order valence-electron chi connectivity index (χ4n) is 0.340. The highest BCUT2D eigenvalue weighted by Gasteiger charge is 2.00. The van der Waals surface area contributed by atoms with Crippen molar-refractivity contribution < 1.29 is 0 Å². The van der Waals surface area contributed by atoms with Gasteiger partial charge in [0.25, 0.3) is 0 Å². The molecule has 0 saturated carbocycles. The van der Waals surface area contributed by atoms with Crippen LogP contribution in [0.2, 0.25) is 9.36 Å². The number of halogens is 2. The van der Waals surface area contributed by atoms with Crippen molar-refractivity contribution in [2.75, 3.05) is 0 Å². The highest BCUT2D eigenvalue weighted by atomic mass is 35.5. The Kier molecular flexibility index (Phi) is 1.81. The van der Waals surface area contributed by atoms with Crippen LogP contribution in [0.25, 0.3) is 0 Å². The van der Waals surface area contributed by atoms with E-state index in [-0.39, 0.29) is 0 Å². The quantitative estimate of drug-likeness (QED) is 0.554. The molecule has 0 aromatic carbocycles. The predicted molar refractivity (Wildman–Crippen MR) is 38.8 cm³/mol. The van der Waals surface area contributed by atoms with Crippen molar-refractivity contribution in [3.8, 4) is 0 Å². The second-order valence-corrected chi connectivity index (χ2v) is 3.22. The number of hydrogen-bond donors (Lipinski definition) is 0. The van der Waals surface area contributed by atoms with Crippen LogP contribution < -0.4 is 0 Å². The Balaban J connectivity index is 3.19. The molecule has 3 heteroatoms. The molecule has 0 amide bonds. The molecular weight excluding hydrogens is 163 g/mol. The summed E-state index contributed by atoms with van der Waals surface area (Å²) in [6.45, 7) is 3.63. The molecule has 1 aromatic rings. The molecule has 0 spiro atoms. The van der Waals surface area contributed by atoms with Crippen molar-refractivity contribution >= 4 is 34.5 Å². The van der Waals surface area contributed by atoms with Crippen molar-refractivity contribution in [3.63, 3.8) is 0 Å². The van der Waals surface area contributed by atoms with Crippen molar-refractivity contribution in [1.29, 1.82) is 0 Å². The molecule has 0 bridgehead atoms. The van der Waals surface area contributed by atoms with Gasteiger partial charge < -0.3 is 0 Å². The molecule has 1 aromatic heterocycles. The summed E-state index contributed by atoms with van der Waals surface area (Å²) < 4.78 is 0.676. The van der Waals surface area contributed by atoms with Crippen LogP contribution in [0.1, 0.15) is 5.56 Å². The third kappa shape index (κ3) is 0.993. The zero-order valence-corrected chi connectivity index (χ0v) is 6.28. The normalized spacial score (nSPS) is 9.88. The van der Waals surface area contributed by atoms with E-state index in [1.807, 2.05) is 0 Å². The molecule has 0 N–H and O–H groups in total. The van der Waals surface area contributed by atoms with Crippen LogP contribution in [0.15, 0.2) is 5.38 Å². The second kappa shape index (κ2) is 2.26. The lowest BCUT2D eigenvalue weighted by molar-refractivity contribution is 1.78. The smallest absolute Gasteiger partial charge is 0.0975 e. The molecule has 8 heavy (non-hydrogen) atoms. The summed E-state index contributed by atoms with van der Waals surface area (Å²) in [5, 5.41) is 2.42.